The van der Waals surface area contributed by atoms with Crippen LogP contribution in [0.25, 0.3) is 0 Å². The second kappa shape index (κ2) is 9.52. The first-order chi connectivity index (χ1) is 14.2. The number of halogens is 1. The zero-order chi connectivity index (χ0) is 21.8. The molecular weight excluding hydrogens is 450 g/mol. The van der Waals surface area contributed by atoms with E-state index in [0.717, 1.165) is 47.2 Å². The topological polar surface area (TPSA) is 84.7 Å². The summed E-state index contributed by atoms with van der Waals surface area (Å²) in [4.78, 5) is 18.7. The molecule has 1 aromatic heterocycles. The minimum Gasteiger partial charge on any atom is -0.492 e. The molecule has 1 saturated heterocycles. The molecule has 1 amide bonds. The SMILES string of the molecule is CC(C)(C)OC(=O)N1CCc2ncc(Br)c(OCCCC3(C#N)CCOCC3)c2C1. The largest absolute Gasteiger partial charge is 0.492 e. The summed E-state index contributed by atoms with van der Waals surface area (Å²) in [6.07, 6.45) is 5.23. The van der Waals surface area contributed by atoms with E-state index in [9.17, 15) is 10.1 Å². The number of nitriles is 1. The maximum Gasteiger partial charge on any atom is 0.410 e. The Hall–Kier alpha value is -1.85. The van der Waals surface area contributed by atoms with Crippen molar-refractivity contribution in [1.29, 1.82) is 5.26 Å². The summed E-state index contributed by atoms with van der Waals surface area (Å²) in [6, 6.07) is 2.50. The lowest BCUT2D eigenvalue weighted by Crippen LogP contribution is -2.40. The molecule has 0 atom stereocenters. The second-order valence-electron chi connectivity index (χ2n) is 8.97. The molecular formula is C22H30BrN3O4. The van der Waals surface area contributed by atoms with Gasteiger partial charge in [-0.25, -0.2) is 4.79 Å². The third kappa shape index (κ3) is 5.64. The molecule has 1 aromatic rings. The third-order valence-electron chi connectivity index (χ3n) is 5.53. The zero-order valence-electron chi connectivity index (χ0n) is 18.0. The van der Waals surface area contributed by atoms with Crippen LogP contribution in [-0.2, 0) is 22.4 Å². The average molecular weight is 480 g/mol. The summed E-state index contributed by atoms with van der Waals surface area (Å²) < 4.78 is 17.8. The van der Waals surface area contributed by atoms with Gasteiger partial charge in [0.05, 0.1) is 34.8 Å². The molecule has 0 bridgehead atoms. The molecule has 8 heteroatoms. The number of hydrogen-bond donors (Lipinski definition) is 0. The van der Waals surface area contributed by atoms with E-state index < -0.39 is 5.60 Å². The van der Waals surface area contributed by atoms with Crippen molar-refractivity contribution in [1.82, 2.24) is 9.88 Å². The Balaban J connectivity index is 1.64. The number of fused-ring (bicyclic) bond motifs is 1. The van der Waals surface area contributed by atoms with Gasteiger partial charge in [-0.2, -0.15) is 5.26 Å². The maximum atomic E-state index is 12.5. The van der Waals surface area contributed by atoms with Crippen LogP contribution in [0.2, 0.25) is 0 Å². The average Bonchev–Trinajstić information content (AvgIpc) is 2.71. The number of carbonyl (C=O) groups excluding carboxylic acids is 1. The quantitative estimate of drug-likeness (QED) is 0.572. The minimum absolute atomic E-state index is 0.302. The van der Waals surface area contributed by atoms with Crippen molar-refractivity contribution in [3.05, 3.63) is 21.9 Å². The van der Waals surface area contributed by atoms with Crippen molar-refractivity contribution in [2.45, 2.75) is 65.0 Å². The number of ether oxygens (including phenoxy) is 3. The second-order valence-corrected chi connectivity index (χ2v) is 9.82. The van der Waals surface area contributed by atoms with Crippen molar-refractivity contribution >= 4 is 22.0 Å². The Kier molecular flexibility index (Phi) is 7.25. The van der Waals surface area contributed by atoms with E-state index in [1.54, 1.807) is 11.1 Å². The first-order valence-electron chi connectivity index (χ1n) is 10.5. The Labute approximate surface area is 186 Å². The van der Waals surface area contributed by atoms with Crippen molar-refractivity contribution in [3.8, 4) is 11.8 Å². The Morgan fingerprint density at radius 1 is 1.40 bits per heavy atom. The van der Waals surface area contributed by atoms with Gasteiger partial charge in [-0.3, -0.25) is 4.98 Å². The summed E-state index contributed by atoms with van der Waals surface area (Å²) in [5, 5.41) is 9.61. The Morgan fingerprint density at radius 2 is 2.13 bits per heavy atom. The van der Waals surface area contributed by atoms with E-state index >= 15 is 0 Å². The predicted octanol–water partition coefficient (Wildman–Crippen LogP) is 4.62. The number of carbonyl (C=O) groups is 1. The normalized spacial score (nSPS) is 18.3. The number of amides is 1. The maximum absolute atomic E-state index is 12.5. The number of aromatic nitrogens is 1. The lowest BCUT2D eigenvalue weighted by Gasteiger charge is -2.32. The van der Waals surface area contributed by atoms with Gasteiger partial charge in [0.15, 0.2) is 0 Å². The van der Waals surface area contributed by atoms with Gasteiger partial charge in [-0.1, -0.05) is 0 Å². The molecule has 0 aliphatic carbocycles. The van der Waals surface area contributed by atoms with Crippen LogP contribution in [0.4, 0.5) is 4.79 Å². The van der Waals surface area contributed by atoms with Crippen molar-refractivity contribution in [2.24, 2.45) is 5.41 Å². The Bertz CT molecular complexity index is 810. The molecule has 1 fully saturated rings. The third-order valence-corrected chi connectivity index (χ3v) is 6.09. The van der Waals surface area contributed by atoms with Crippen LogP contribution in [0.3, 0.4) is 0 Å². The van der Waals surface area contributed by atoms with Crippen LogP contribution in [0, 0.1) is 16.7 Å². The van der Waals surface area contributed by atoms with Gasteiger partial charge in [0, 0.05) is 37.9 Å². The molecule has 0 unspecified atom stereocenters. The molecule has 30 heavy (non-hydrogen) atoms. The number of pyridine rings is 1. The van der Waals surface area contributed by atoms with Gasteiger partial charge < -0.3 is 19.1 Å². The fourth-order valence-corrected chi connectivity index (χ4v) is 4.29. The van der Waals surface area contributed by atoms with E-state index in [1.165, 1.54) is 0 Å². The summed E-state index contributed by atoms with van der Waals surface area (Å²) in [6.45, 7) is 8.38. The van der Waals surface area contributed by atoms with Crippen LogP contribution >= 0.6 is 15.9 Å². The summed E-state index contributed by atoms with van der Waals surface area (Å²) in [5.74, 6) is 0.728. The van der Waals surface area contributed by atoms with Crippen molar-refractivity contribution in [3.63, 3.8) is 0 Å². The molecule has 2 aliphatic rings. The molecule has 0 aromatic carbocycles. The van der Waals surface area contributed by atoms with Crippen LogP contribution in [0.1, 0.15) is 57.7 Å². The van der Waals surface area contributed by atoms with Gasteiger partial charge in [0.25, 0.3) is 0 Å². The minimum atomic E-state index is -0.535. The van der Waals surface area contributed by atoms with E-state index in [1.807, 2.05) is 20.8 Å². The molecule has 0 saturated carbocycles. The molecule has 2 aliphatic heterocycles. The lowest BCUT2D eigenvalue weighted by molar-refractivity contribution is 0.0220. The van der Waals surface area contributed by atoms with Crippen molar-refractivity contribution < 1.29 is 19.0 Å². The van der Waals surface area contributed by atoms with Gasteiger partial charge in [-0.15, -0.1) is 0 Å². The number of rotatable bonds is 5. The van der Waals surface area contributed by atoms with Gasteiger partial charge in [-0.05, 0) is 62.4 Å². The lowest BCUT2D eigenvalue weighted by atomic mass is 9.78. The van der Waals surface area contributed by atoms with Gasteiger partial charge in [0.2, 0.25) is 0 Å². The monoisotopic (exact) mass is 479 g/mol. The summed E-state index contributed by atoms with van der Waals surface area (Å²) in [5.41, 5.74) is 1.03. The fraction of sp³-hybridized carbons (Fsp3) is 0.682. The summed E-state index contributed by atoms with van der Waals surface area (Å²) in [7, 11) is 0. The Morgan fingerprint density at radius 3 is 2.80 bits per heavy atom. The van der Waals surface area contributed by atoms with E-state index in [0.29, 0.717) is 39.3 Å². The van der Waals surface area contributed by atoms with Crippen LogP contribution in [0.15, 0.2) is 10.7 Å². The standard InChI is InChI=1S/C22H30BrN3O4/c1-21(2,3)30-20(27)26-9-5-18-16(14-26)19(17(23)13-25-18)29-10-4-6-22(15-24)7-11-28-12-8-22/h13H,4-12,14H2,1-3H3. The number of nitrogens with zero attached hydrogens (tertiary/aromatic N) is 3. The van der Waals surface area contributed by atoms with Gasteiger partial charge in [0.1, 0.15) is 11.4 Å². The molecule has 3 rings (SSSR count). The van der Waals surface area contributed by atoms with E-state index in [2.05, 4.69) is 27.0 Å². The molecule has 3 heterocycles. The smallest absolute Gasteiger partial charge is 0.410 e. The first-order valence-corrected chi connectivity index (χ1v) is 11.3. The molecule has 164 valence electrons. The highest BCUT2D eigenvalue weighted by Gasteiger charge is 2.32. The highest BCUT2D eigenvalue weighted by molar-refractivity contribution is 9.10. The van der Waals surface area contributed by atoms with Crippen LogP contribution < -0.4 is 4.74 Å². The van der Waals surface area contributed by atoms with Crippen LogP contribution in [-0.4, -0.2) is 47.9 Å². The highest BCUT2D eigenvalue weighted by atomic mass is 79.9. The number of hydrogen-bond acceptors (Lipinski definition) is 6. The van der Waals surface area contributed by atoms with Crippen molar-refractivity contribution in [2.75, 3.05) is 26.4 Å². The zero-order valence-corrected chi connectivity index (χ0v) is 19.6. The van der Waals surface area contributed by atoms with E-state index in [-0.39, 0.29) is 11.5 Å². The molecule has 0 radical (unpaired) electrons. The predicted molar refractivity (Wildman–Crippen MR) is 115 cm³/mol. The van der Waals surface area contributed by atoms with Crippen LogP contribution in [0.5, 0.6) is 5.75 Å². The summed E-state index contributed by atoms with van der Waals surface area (Å²) >= 11 is 3.54. The highest BCUT2D eigenvalue weighted by Crippen LogP contribution is 2.36. The molecule has 0 N–H and O–H groups in total. The molecule has 0 spiro atoms. The molecule has 7 nitrogen and oxygen atoms in total. The fourth-order valence-electron chi connectivity index (χ4n) is 3.84. The first kappa shape index (κ1) is 22.8. The van der Waals surface area contributed by atoms with E-state index in [4.69, 9.17) is 14.2 Å². The van der Waals surface area contributed by atoms with Gasteiger partial charge >= 0.3 is 6.09 Å².